The monoisotopic (exact) mass is 611 g/mol. The second-order valence-corrected chi connectivity index (χ2v) is 12.8. The molecule has 1 aromatic carbocycles. The first-order chi connectivity index (χ1) is 19.0. The number of fused-ring (bicyclic) bond motifs is 1. The summed E-state index contributed by atoms with van der Waals surface area (Å²) in [6.45, 7) is 0.00688. The van der Waals surface area contributed by atoms with E-state index >= 15 is 0 Å². The zero-order valence-corrected chi connectivity index (χ0v) is 23.3. The Morgan fingerprint density at radius 2 is 2.17 bits per heavy atom. The van der Waals surface area contributed by atoms with Crippen molar-refractivity contribution in [3.8, 4) is 0 Å². The van der Waals surface area contributed by atoms with E-state index in [4.69, 9.17) is 5.73 Å². The van der Waals surface area contributed by atoms with Crippen LogP contribution in [0, 0.1) is 0 Å². The second kappa shape index (κ2) is 12.3. The Hall–Kier alpha value is -3.52. The average molecular weight is 612 g/mol. The van der Waals surface area contributed by atoms with Gasteiger partial charge in [-0.3, -0.25) is 19.3 Å². The molecule has 2 unspecified atom stereocenters. The van der Waals surface area contributed by atoms with E-state index in [-0.39, 0.29) is 29.6 Å². The number of hydrogen-bond acceptors (Lipinski definition) is 12. The van der Waals surface area contributed by atoms with Gasteiger partial charge in [-0.2, -0.15) is 5.21 Å². The second-order valence-electron chi connectivity index (χ2n) is 8.70. The van der Waals surface area contributed by atoms with Crippen molar-refractivity contribution in [1.29, 1.82) is 0 Å². The lowest BCUT2D eigenvalue weighted by molar-refractivity contribution is -0.150. The number of H-pyrrole nitrogens is 1. The van der Waals surface area contributed by atoms with E-state index < -0.39 is 50.5 Å². The number of amides is 3. The van der Waals surface area contributed by atoms with Crippen LogP contribution >= 0.6 is 23.5 Å². The molecule has 2 aromatic rings. The van der Waals surface area contributed by atoms with Gasteiger partial charge >= 0.3 is 5.97 Å². The fourth-order valence-electron chi connectivity index (χ4n) is 4.18. The summed E-state index contributed by atoms with van der Waals surface area (Å²) in [7, 11) is -3.49. The largest absolute Gasteiger partial charge is 0.477 e. The van der Waals surface area contributed by atoms with Crippen LogP contribution < -0.4 is 21.1 Å². The number of carboxylic acid groups (broad SMARTS) is 1. The molecule has 19 heteroatoms. The Morgan fingerprint density at radius 3 is 2.83 bits per heavy atom. The first-order valence-electron chi connectivity index (χ1n) is 11.6. The van der Waals surface area contributed by atoms with E-state index in [1.54, 1.807) is 18.2 Å². The Bertz CT molecular complexity index is 1430. The standard InChI is InChI=1S/C21H25N9O7S3/c1-40(36,37)24-6-5-13(39-21-26-28-29-27-21)12-8-38-19-15(18(33)30(19)16(12)20(34)35)25-17(32)14(22)10-3-2-4-11(7-10)23-9-31/h2-4,7,9,13-15,19,24H,5-6,8,22H2,1H3,(H,23,31)(H,25,32)(H,34,35)(H,26,27,28,29)/t13?,14?,15-,19+/m1/s1. The summed E-state index contributed by atoms with van der Waals surface area (Å²) in [5.41, 5.74) is 7.07. The van der Waals surface area contributed by atoms with Gasteiger partial charge in [-0.05, 0) is 34.9 Å². The summed E-state index contributed by atoms with van der Waals surface area (Å²) in [6.07, 6.45) is 1.68. The van der Waals surface area contributed by atoms with E-state index in [2.05, 4.69) is 36.0 Å². The zero-order chi connectivity index (χ0) is 29.0. The molecule has 1 saturated heterocycles. The Kier molecular flexibility index (Phi) is 9.08. The van der Waals surface area contributed by atoms with Crippen LogP contribution in [-0.4, -0.2) is 98.5 Å². The number of tetrazole rings is 1. The summed E-state index contributed by atoms with van der Waals surface area (Å²) < 4.78 is 25.5. The molecule has 0 saturated carbocycles. The third kappa shape index (κ3) is 6.61. The van der Waals surface area contributed by atoms with Gasteiger partial charge < -0.3 is 21.5 Å². The van der Waals surface area contributed by atoms with Gasteiger partial charge in [0.25, 0.3) is 5.91 Å². The molecule has 1 aromatic heterocycles. The third-order valence-electron chi connectivity index (χ3n) is 5.98. The Balaban J connectivity index is 1.52. The average Bonchev–Trinajstić information content (AvgIpc) is 3.42. The van der Waals surface area contributed by atoms with Crippen LogP contribution in [0.1, 0.15) is 18.0 Å². The van der Waals surface area contributed by atoms with Crippen molar-refractivity contribution in [2.45, 2.75) is 34.3 Å². The van der Waals surface area contributed by atoms with Crippen LogP contribution in [-0.2, 0) is 29.2 Å². The number of rotatable bonds is 13. The van der Waals surface area contributed by atoms with Crippen molar-refractivity contribution in [1.82, 2.24) is 35.6 Å². The highest BCUT2D eigenvalue weighted by Crippen LogP contribution is 2.44. The predicted octanol–water partition coefficient (Wildman–Crippen LogP) is -1.39. The van der Waals surface area contributed by atoms with Crippen LogP contribution in [0.25, 0.3) is 0 Å². The molecule has 4 rings (SSSR count). The highest BCUT2D eigenvalue weighted by Gasteiger charge is 2.55. The van der Waals surface area contributed by atoms with Crippen LogP contribution in [0.4, 0.5) is 5.69 Å². The number of carbonyl (C=O) groups excluding carboxylic acids is 3. The minimum absolute atomic E-state index is 0.00688. The first kappa shape index (κ1) is 29.5. The van der Waals surface area contributed by atoms with Gasteiger partial charge in [-0.15, -0.1) is 22.0 Å². The number of aromatic nitrogens is 4. The number of carbonyl (C=O) groups is 4. The molecule has 0 aliphatic carbocycles. The maximum Gasteiger partial charge on any atom is 0.352 e. The third-order valence-corrected chi connectivity index (χ3v) is 9.20. The maximum absolute atomic E-state index is 13.1. The fourth-order valence-corrected chi connectivity index (χ4v) is 7.21. The summed E-state index contributed by atoms with van der Waals surface area (Å²) in [4.78, 5) is 50.2. The molecule has 214 valence electrons. The molecule has 3 amide bonds. The summed E-state index contributed by atoms with van der Waals surface area (Å²) in [6, 6.07) is 4.20. The number of sulfonamides is 1. The number of thioether (sulfide) groups is 2. The molecule has 2 aliphatic heterocycles. The van der Waals surface area contributed by atoms with Gasteiger partial charge in [0.2, 0.25) is 27.5 Å². The molecule has 0 radical (unpaired) electrons. The normalized spacial score (nSPS) is 20.2. The van der Waals surface area contributed by atoms with E-state index in [9.17, 15) is 32.7 Å². The lowest BCUT2D eigenvalue weighted by atomic mass is 9.99. The Labute approximate surface area is 236 Å². The number of hydrogen-bond donors (Lipinski definition) is 6. The fraction of sp³-hybridized carbons (Fsp3) is 0.381. The highest BCUT2D eigenvalue weighted by atomic mass is 32.2. The molecular formula is C21H25N9O7S3. The molecule has 0 bridgehead atoms. The molecule has 40 heavy (non-hydrogen) atoms. The van der Waals surface area contributed by atoms with Crippen molar-refractivity contribution in [3.05, 3.63) is 41.1 Å². The van der Waals surface area contributed by atoms with Gasteiger partial charge in [0.15, 0.2) is 0 Å². The molecule has 2 aliphatic rings. The van der Waals surface area contributed by atoms with Crippen molar-refractivity contribution < 1.29 is 32.7 Å². The van der Waals surface area contributed by atoms with Gasteiger partial charge in [0.1, 0.15) is 23.2 Å². The summed E-state index contributed by atoms with van der Waals surface area (Å²) >= 11 is 2.34. The number of β-lactam (4-membered cyclic amide) rings is 1. The number of anilines is 1. The summed E-state index contributed by atoms with van der Waals surface area (Å²) in [5, 5.41) is 27.7. The number of nitrogens with two attached hydrogens (primary N) is 1. The molecule has 3 heterocycles. The minimum Gasteiger partial charge on any atom is -0.477 e. The molecule has 1 fully saturated rings. The predicted molar refractivity (Wildman–Crippen MR) is 144 cm³/mol. The van der Waals surface area contributed by atoms with Gasteiger partial charge in [-0.25, -0.2) is 17.9 Å². The van der Waals surface area contributed by atoms with Crippen LogP contribution in [0.15, 0.2) is 40.7 Å². The summed E-state index contributed by atoms with van der Waals surface area (Å²) in [5.74, 6) is -2.43. The molecule has 16 nitrogen and oxygen atoms in total. The molecular weight excluding hydrogens is 586 g/mol. The van der Waals surface area contributed by atoms with Gasteiger partial charge in [0, 0.05) is 23.2 Å². The van der Waals surface area contributed by atoms with Crippen LogP contribution in [0.2, 0.25) is 0 Å². The van der Waals surface area contributed by atoms with Crippen molar-refractivity contribution in [2.24, 2.45) is 5.73 Å². The number of benzene rings is 1. The lowest BCUT2D eigenvalue weighted by Gasteiger charge is -2.50. The zero-order valence-electron chi connectivity index (χ0n) is 20.8. The molecule has 4 atom stereocenters. The first-order valence-corrected chi connectivity index (χ1v) is 15.4. The number of nitrogens with zero attached hydrogens (tertiary/aromatic N) is 4. The highest BCUT2D eigenvalue weighted by molar-refractivity contribution is 8.01. The van der Waals surface area contributed by atoms with Crippen molar-refractivity contribution >= 4 is 63.4 Å². The number of aliphatic carboxylic acids is 1. The lowest BCUT2D eigenvalue weighted by Crippen LogP contribution is -2.71. The van der Waals surface area contributed by atoms with Crippen LogP contribution in [0.3, 0.4) is 0 Å². The topological polar surface area (TPSA) is 242 Å². The van der Waals surface area contributed by atoms with E-state index in [1.165, 1.54) is 17.8 Å². The van der Waals surface area contributed by atoms with Crippen LogP contribution in [0.5, 0.6) is 0 Å². The Morgan fingerprint density at radius 1 is 1.40 bits per heavy atom. The molecule has 0 spiro atoms. The maximum atomic E-state index is 13.1. The van der Waals surface area contributed by atoms with Gasteiger partial charge in [0.05, 0.1) is 6.26 Å². The van der Waals surface area contributed by atoms with E-state index in [0.29, 0.717) is 23.2 Å². The quantitative estimate of drug-likeness (QED) is 0.0869. The van der Waals surface area contributed by atoms with Crippen molar-refractivity contribution in [2.75, 3.05) is 23.9 Å². The minimum atomic E-state index is -3.49. The number of nitrogens with one attached hydrogen (secondary N) is 4. The van der Waals surface area contributed by atoms with E-state index in [1.807, 2.05) is 0 Å². The number of carboxylic acids is 1. The number of aromatic amines is 1. The van der Waals surface area contributed by atoms with E-state index in [0.717, 1.165) is 22.9 Å². The smallest absolute Gasteiger partial charge is 0.352 e. The van der Waals surface area contributed by atoms with Crippen molar-refractivity contribution in [3.63, 3.8) is 0 Å². The van der Waals surface area contributed by atoms with Gasteiger partial charge in [-0.1, -0.05) is 23.9 Å². The molecule has 7 N–H and O–H groups in total. The SMILES string of the molecule is CS(=O)(=O)NCCC(Sc1nn[nH]n1)C1=C(C(=O)O)N2C(=O)[C@@H](NC(=O)C(N)c3cccc(NC=O)c3)[C@@H]2SC1.